The van der Waals surface area contributed by atoms with E-state index in [1.54, 1.807) is 6.20 Å². The minimum Gasteiger partial charge on any atom is -0.377 e. The summed E-state index contributed by atoms with van der Waals surface area (Å²) in [6.07, 6.45) is 1.77. The van der Waals surface area contributed by atoms with Crippen LogP contribution in [0.3, 0.4) is 0 Å². The first kappa shape index (κ1) is 11.6. The van der Waals surface area contributed by atoms with Crippen molar-refractivity contribution in [1.82, 2.24) is 9.97 Å². The van der Waals surface area contributed by atoms with Gasteiger partial charge in [0.1, 0.15) is 5.82 Å². The summed E-state index contributed by atoms with van der Waals surface area (Å²) >= 11 is 3.49. The van der Waals surface area contributed by atoms with Crippen LogP contribution in [0, 0.1) is 0 Å². The van der Waals surface area contributed by atoms with Crippen LogP contribution in [0.4, 0.5) is 11.8 Å². The first-order chi connectivity index (χ1) is 7.72. The standard InChI is InChI=1S/C10H15BrN4O/c1-7-6-16-4-3-15(7)9-8(11)5-13-10(12-2)14-9/h5,7H,3-4,6H2,1-2H3,(H,12,13,14). The average molecular weight is 287 g/mol. The largest absolute Gasteiger partial charge is 0.377 e. The van der Waals surface area contributed by atoms with Crippen LogP contribution in [0.2, 0.25) is 0 Å². The fourth-order valence-corrected chi connectivity index (χ4v) is 2.14. The third-order valence-electron chi connectivity index (χ3n) is 2.59. The van der Waals surface area contributed by atoms with Crippen LogP contribution in [-0.2, 0) is 4.74 Å². The SMILES string of the molecule is CNc1ncc(Br)c(N2CCOCC2C)n1. The van der Waals surface area contributed by atoms with E-state index in [1.165, 1.54) is 0 Å². The minimum absolute atomic E-state index is 0.338. The highest BCUT2D eigenvalue weighted by atomic mass is 79.9. The molecule has 1 N–H and O–H groups in total. The van der Waals surface area contributed by atoms with Gasteiger partial charge < -0.3 is 15.0 Å². The second-order valence-electron chi connectivity index (χ2n) is 3.73. The van der Waals surface area contributed by atoms with E-state index in [2.05, 4.69) is 43.0 Å². The Bertz CT molecular complexity index is 374. The lowest BCUT2D eigenvalue weighted by atomic mass is 10.2. The first-order valence-electron chi connectivity index (χ1n) is 5.27. The average Bonchev–Trinajstić information content (AvgIpc) is 2.31. The highest BCUT2D eigenvalue weighted by Gasteiger charge is 2.22. The summed E-state index contributed by atoms with van der Waals surface area (Å²) in [7, 11) is 1.82. The maximum atomic E-state index is 5.41. The number of nitrogens with one attached hydrogen (secondary N) is 1. The zero-order valence-electron chi connectivity index (χ0n) is 9.40. The predicted octanol–water partition coefficient (Wildman–Crippen LogP) is 1.51. The van der Waals surface area contributed by atoms with Gasteiger partial charge in [0.05, 0.1) is 23.7 Å². The van der Waals surface area contributed by atoms with Gasteiger partial charge in [-0.1, -0.05) is 0 Å². The van der Waals surface area contributed by atoms with E-state index in [0.29, 0.717) is 12.0 Å². The van der Waals surface area contributed by atoms with E-state index in [9.17, 15) is 0 Å². The quantitative estimate of drug-likeness (QED) is 0.893. The van der Waals surface area contributed by atoms with Crippen LogP contribution < -0.4 is 10.2 Å². The summed E-state index contributed by atoms with van der Waals surface area (Å²) in [4.78, 5) is 10.8. The summed E-state index contributed by atoms with van der Waals surface area (Å²) in [5, 5.41) is 2.95. The first-order valence-corrected chi connectivity index (χ1v) is 6.06. The molecule has 0 radical (unpaired) electrons. The number of aromatic nitrogens is 2. The lowest BCUT2D eigenvalue weighted by molar-refractivity contribution is 0.0984. The molecule has 6 heteroatoms. The molecule has 16 heavy (non-hydrogen) atoms. The van der Waals surface area contributed by atoms with Crippen molar-refractivity contribution in [2.75, 3.05) is 37.0 Å². The number of morpholine rings is 1. The van der Waals surface area contributed by atoms with Crippen molar-refractivity contribution in [1.29, 1.82) is 0 Å². The van der Waals surface area contributed by atoms with Crippen molar-refractivity contribution in [2.45, 2.75) is 13.0 Å². The van der Waals surface area contributed by atoms with Gasteiger partial charge in [-0.25, -0.2) is 4.98 Å². The number of hydrogen-bond acceptors (Lipinski definition) is 5. The second-order valence-corrected chi connectivity index (χ2v) is 4.59. The molecular formula is C10H15BrN4O. The molecule has 1 aliphatic heterocycles. The molecule has 0 aliphatic carbocycles. The molecule has 1 aliphatic rings. The van der Waals surface area contributed by atoms with E-state index in [4.69, 9.17) is 4.74 Å². The maximum Gasteiger partial charge on any atom is 0.224 e. The molecule has 1 unspecified atom stereocenters. The van der Waals surface area contributed by atoms with E-state index < -0.39 is 0 Å². The molecule has 5 nitrogen and oxygen atoms in total. The summed E-state index contributed by atoms with van der Waals surface area (Å²) in [6, 6.07) is 0.338. The van der Waals surface area contributed by atoms with Crippen molar-refractivity contribution in [3.8, 4) is 0 Å². The van der Waals surface area contributed by atoms with Crippen molar-refractivity contribution < 1.29 is 4.74 Å². The fourth-order valence-electron chi connectivity index (χ4n) is 1.72. The summed E-state index contributed by atoms with van der Waals surface area (Å²) < 4.78 is 6.33. The predicted molar refractivity (Wildman–Crippen MR) is 66.9 cm³/mol. The van der Waals surface area contributed by atoms with E-state index in [0.717, 1.165) is 30.0 Å². The molecule has 1 aromatic heterocycles. The third kappa shape index (κ3) is 2.27. The lowest BCUT2D eigenvalue weighted by Crippen LogP contribution is -2.44. The van der Waals surface area contributed by atoms with Gasteiger partial charge in [0, 0.05) is 19.8 Å². The van der Waals surface area contributed by atoms with Gasteiger partial charge in [0.25, 0.3) is 0 Å². The van der Waals surface area contributed by atoms with Gasteiger partial charge >= 0.3 is 0 Å². The fraction of sp³-hybridized carbons (Fsp3) is 0.600. The van der Waals surface area contributed by atoms with E-state index in [1.807, 2.05) is 7.05 Å². The van der Waals surface area contributed by atoms with Crippen molar-refractivity contribution in [3.63, 3.8) is 0 Å². The summed E-state index contributed by atoms with van der Waals surface area (Å²) in [5.41, 5.74) is 0. The maximum absolute atomic E-state index is 5.41. The molecule has 2 rings (SSSR count). The molecule has 88 valence electrons. The smallest absolute Gasteiger partial charge is 0.224 e. The Labute approximate surface area is 103 Å². The van der Waals surface area contributed by atoms with Crippen LogP contribution in [0.1, 0.15) is 6.92 Å². The molecule has 0 bridgehead atoms. The monoisotopic (exact) mass is 286 g/mol. The molecule has 0 aromatic carbocycles. The van der Waals surface area contributed by atoms with Gasteiger partial charge in [-0.2, -0.15) is 4.98 Å². The normalized spacial score (nSPS) is 20.9. The molecule has 1 fully saturated rings. The van der Waals surface area contributed by atoms with Crippen LogP contribution in [0.15, 0.2) is 10.7 Å². The van der Waals surface area contributed by atoms with Crippen molar-refractivity contribution >= 4 is 27.7 Å². The zero-order chi connectivity index (χ0) is 11.5. The van der Waals surface area contributed by atoms with Crippen molar-refractivity contribution in [2.24, 2.45) is 0 Å². The number of halogens is 1. The molecule has 1 saturated heterocycles. The molecule has 0 amide bonds. The van der Waals surface area contributed by atoms with Gasteiger partial charge in [0.15, 0.2) is 0 Å². The third-order valence-corrected chi connectivity index (χ3v) is 3.15. The topological polar surface area (TPSA) is 50.3 Å². The number of hydrogen-bond donors (Lipinski definition) is 1. The van der Waals surface area contributed by atoms with Gasteiger partial charge in [0.2, 0.25) is 5.95 Å². The molecule has 1 atom stereocenters. The zero-order valence-corrected chi connectivity index (χ0v) is 11.0. The van der Waals surface area contributed by atoms with Crippen LogP contribution in [0.25, 0.3) is 0 Å². The molecule has 2 heterocycles. The molecule has 0 saturated carbocycles. The van der Waals surface area contributed by atoms with Crippen molar-refractivity contribution in [3.05, 3.63) is 10.7 Å². The highest BCUT2D eigenvalue weighted by Crippen LogP contribution is 2.26. The van der Waals surface area contributed by atoms with Crippen LogP contribution in [0.5, 0.6) is 0 Å². The second kappa shape index (κ2) is 4.97. The van der Waals surface area contributed by atoms with Gasteiger partial charge in [-0.3, -0.25) is 0 Å². The minimum atomic E-state index is 0.338. The lowest BCUT2D eigenvalue weighted by Gasteiger charge is -2.34. The Hall–Kier alpha value is -0.880. The Morgan fingerprint density at radius 3 is 3.12 bits per heavy atom. The van der Waals surface area contributed by atoms with Crippen LogP contribution in [-0.4, -0.2) is 42.8 Å². The number of nitrogens with zero attached hydrogens (tertiary/aromatic N) is 3. The van der Waals surface area contributed by atoms with Gasteiger partial charge in [-0.05, 0) is 22.9 Å². The number of ether oxygens (including phenoxy) is 1. The molecule has 1 aromatic rings. The summed E-state index contributed by atoms with van der Waals surface area (Å²) in [6.45, 7) is 4.48. The van der Waals surface area contributed by atoms with E-state index in [-0.39, 0.29) is 0 Å². The highest BCUT2D eigenvalue weighted by molar-refractivity contribution is 9.10. The van der Waals surface area contributed by atoms with Crippen LogP contribution >= 0.6 is 15.9 Å². The Morgan fingerprint density at radius 1 is 1.62 bits per heavy atom. The summed E-state index contributed by atoms with van der Waals surface area (Å²) in [5.74, 6) is 1.56. The number of anilines is 2. The Balaban J connectivity index is 2.30. The number of rotatable bonds is 2. The molecule has 0 spiro atoms. The van der Waals surface area contributed by atoms with Gasteiger partial charge in [-0.15, -0.1) is 0 Å². The Morgan fingerprint density at radius 2 is 2.44 bits per heavy atom. The molecular weight excluding hydrogens is 272 g/mol. The van der Waals surface area contributed by atoms with E-state index >= 15 is 0 Å². The Kier molecular flexibility index (Phi) is 3.60.